The highest BCUT2D eigenvalue weighted by atomic mass is 32.1. The highest BCUT2D eigenvalue weighted by molar-refractivity contribution is 7.80. The SMILES string of the molecule is S=C1NCCN1C(N1CCNC1=S)N1CCNC1=S. The number of thiocarbonyl (C=S) groups is 3. The van der Waals surface area contributed by atoms with Crippen LogP contribution in [0.3, 0.4) is 0 Å². The Morgan fingerprint density at radius 2 is 1.00 bits per heavy atom. The minimum absolute atomic E-state index is 0.0208. The molecule has 3 N–H and O–H groups in total. The standard InChI is InChI=1S/C10H16N6S3/c17-7-11-1-4-14(7)10(15-5-2-12-8(15)18)16-6-3-13-9(16)19/h10H,1-6H2,(H,11,17)(H,12,18)(H,13,19). The van der Waals surface area contributed by atoms with Crippen molar-refractivity contribution in [2.75, 3.05) is 39.3 Å². The molecule has 6 nitrogen and oxygen atoms in total. The van der Waals surface area contributed by atoms with E-state index in [2.05, 4.69) is 30.7 Å². The second-order valence-electron chi connectivity index (χ2n) is 4.62. The average Bonchev–Trinajstić information content (AvgIpc) is 3.07. The summed E-state index contributed by atoms with van der Waals surface area (Å²) >= 11 is 16.2. The third-order valence-corrected chi connectivity index (χ3v) is 4.64. The van der Waals surface area contributed by atoms with Gasteiger partial charge in [-0.15, -0.1) is 0 Å². The van der Waals surface area contributed by atoms with Gasteiger partial charge >= 0.3 is 0 Å². The lowest BCUT2D eigenvalue weighted by molar-refractivity contribution is 0.0725. The van der Waals surface area contributed by atoms with E-state index in [9.17, 15) is 0 Å². The van der Waals surface area contributed by atoms with E-state index in [-0.39, 0.29) is 6.29 Å². The first-order chi connectivity index (χ1) is 9.18. The number of hydrogen-bond donors (Lipinski definition) is 3. The predicted molar refractivity (Wildman–Crippen MR) is 85.7 cm³/mol. The maximum absolute atomic E-state index is 5.40. The van der Waals surface area contributed by atoms with E-state index in [4.69, 9.17) is 36.7 Å². The van der Waals surface area contributed by atoms with Gasteiger partial charge in [0.15, 0.2) is 21.6 Å². The first-order valence-corrected chi connectivity index (χ1v) is 7.54. The Labute approximate surface area is 128 Å². The van der Waals surface area contributed by atoms with E-state index < -0.39 is 0 Å². The molecule has 0 spiro atoms. The van der Waals surface area contributed by atoms with Crippen LogP contribution in [0.15, 0.2) is 0 Å². The van der Waals surface area contributed by atoms with Crippen molar-refractivity contribution >= 4 is 52.0 Å². The molecule has 3 saturated heterocycles. The lowest BCUT2D eigenvalue weighted by atomic mass is 10.4. The lowest BCUT2D eigenvalue weighted by Crippen LogP contribution is -2.60. The third-order valence-electron chi connectivity index (χ3n) is 3.51. The topological polar surface area (TPSA) is 45.8 Å². The summed E-state index contributed by atoms with van der Waals surface area (Å²) in [6.07, 6.45) is -0.0208. The summed E-state index contributed by atoms with van der Waals surface area (Å²) in [4.78, 5) is 6.48. The van der Waals surface area contributed by atoms with Gasteiger partial charge in [0.25, 0.3) is 0 Å². The maximum atomic E-state index is 5.40. The Bertz CT molecular complexity index is 366. The normalized spacial score (nSPS) is 23.2. The molecular weight excluding hydrogens is 300 g/mol. The summed E-state index contributed by atoms with van der Waals surface area (Å²) in [6.45, 7) is 5.25. The van der Waals surface area contributed by atoms with Crippen molar-refractivity contribution in [2.24, 2.45) is 0 Å². The second kappa shape index (κ2) is 5.22. The van der Waals surface area contributed by atoms with Crippen molar-refractivity contribution in [1.82, 2.24) is 30.7 Å². The molecule has 0 aromatic heterocycles. The first-order valence-electron chi connectivity index (χ1n) is 6.32. The summed E-state index contributed by atoms with van der Waals surface area (Å²) in [5.74, 6) is 0. The highest BCUT2D eigenvalue weighted by Crippen LogP contribution is 2.18. The van der Waals surface area contributed by atoms with E-state index in [0.29, 0.717) is 0 Å². The summed E-state index contributed by atoms with van der Waals surface area (Å²) in [6, 6.07) is 0. The fourth-order valence-corrected chi connectivity index (χ4v) is 3.49. The van der Waals surface area contributed by atoms with Crippen molar-refractivity contribution < 1.29 is 0 Å². The Hall–Kier alpha value is -0.930. The monoisotopic (exact) mass is 316 g/mol. The molecular formula is C10H16N6S3. The minimum Gasteiger partial charge on any atom is -0.361 e. The van der Waals surface area contributed by atoms with Gasteiger partial charge in [0.2, 0.25) is 0 Å². The molecule has 3 heterocycles. The molecule has 0 bridgehead atoms. The van der Waals surface area contributed by atoms with Crippen molar-refractivity contribution in [3.8, 4) is 0 Å². The van der Waals surface area contributed by atoms with Crippen LogP contribution in [0.1, 0.15) is 0 Å². The van der Waals surface area contributed by atoms with Gasteiger partial charge in [0, 0.05) is 39.3 Å². The smallest absolute Gasteiger partial charge is 0.186 e. The minimum atomic E-state index is -0.0208. The van der Waals surface area contributed by atoms with E-state index in [1.165, 1.54) is 0 Å². The van der Waals surface area contributed by atoms with Crippen LogP contribution in [0, 0.1) is 0 Å². The fraction of sp³-hybridized carbons (Fsp3) is 0.700. The van der Waals surface area contributed by atoms with Crippen LogP contribution in [-0.2, 0) is 0 Å². The molecule has 0 saturated carbocycles. The van der Waals surface area contributed by atoms with Gasteiger partial charge in [-0.1, -0.05) is 0 Å². The van der Waals surface area contributed by atoms with E-state index in [1.54, 1.807) is 0 Å². The second-order valence-corrected chi connectivity index (χ2v) is 5.78. The molecule has 0 amide bonds. The molecule has 3 aliphatic heterocycles. The van der Waals surface area contributed by atoms with Gasteiger partial charge in [0.05, 0.1) is 0 Å². The molecule has 0 radical (unpaired) electrons. The summed E-state index contributed by atoms with van der Waals surface area (Å²) in [5.41, 5.74) is 0. The molecule has 0 aromatic rings. The largest absolute Gasteiger partial charge is 0.361 e. The zero-order chi connectivity index (χ0) is 13.4. The molecule has 104 valence electrons. The third kappa shape index (κ3) is 2.30. The van der Waals surface area contributed by atoms with Gasteiger partial charge in [-0.3, -0.25) is 0 Å². The predicted octanol–water partition coefficient (Wildman–Crippen LogP) is -1.16. The van der Waals surface area contributed by atoms with Crippen LogP contribution in [0.5, 0.6) is 0 Å². The number of rotatable bonds is 3. The quantitative estimate of drug-likeness (QED) is 0.560. The van der Waals surface area contributed by atoms with Crippen molar-refractivity contribution in [3.63, 3.8) is 0 Å². The maximum Gasteiger partial charge on any atom is 0.186 e. The molecule has 19 heavy (non-hydrogen) atoms. The molecule has 3 fully saturated rings. The molecule has 0 unspecified atom stereocenters. The van der Waals surface area contributed by atoms with E-state index >= 15 is 0 Å². The van der Waals surface area contributed by atoms with Crippen LogP contribution in [0.4, 0.5) is 0 Å². The number of hydrogen-bond acceptors (Lipinski definition) is 3. The van der Waals surface area contributed by atoms with E-state index in [1.807, 2.05) is 0 Å². The van der Waals surface area contributed by atoms with Gasteiger partial charge in [-0.2, -0.15) is 0 Å². The molecule has 3 aliphatic rings. The van der Waals surface area contributed by atoms with Crippen molar-refractivity contribution in [1.29, 1.82) is 0 Å². The van der Waals surface area contributed by atoms with Crippen LogP contribution >= 0.6 is 36.7 Å². The lowest BCUT2D eigenvalue weighted by Gasteiger charge is -2.41. The number of nitrogens with one attached hydrogen (secondary N) is 3. The zero-order valence-corrected chi connectivity index (χ0v) is 12.8. The molecule has 9 heteroatoms. The zero-order valence-electron chi connectivity index (χ0n) is 10.4. The van der Waals surface area contributed by atoms with Crippen LogP contribution in [0.25, 0.3) is 0 Å². The Morgan fingerprint density at radius 1 is 0.684 bits per heavy atom. The molecule has 3 rings (SSSR count). The molecule has 0 aliphatic carbocycles. The number of nitrogens with zero attached hydrogens (tertiary/aromatic N) is 3. The molecule has 0 atom stereocenters. The summed E-state index contributed by atoms with van der Waals surface area (Å²) in [7, 11) is 0. The molecule has 0 aromatic carbocycles. The van der Waals surface area contributed by atoms with Gasteiger partial charge < -0.3 is 30.7 Å². The fourth-order valence-electron chi connectivity index (χ4n) is 2.62. The average molecular weight is 316 g/mol. The summed E-state index contributed by atoms with van der Waals surface area (Å²) < 4.78 is 0. The van der Waals surface area contributed by atoms with Gasteiger partial charge in [-0.05, 0) is 36.7 Å². The Morgan fingerprint density at radius 3 is 1.21 bits per heavy atom. The highest BCUT2D eigenvalue weighted by Gasteiger charge is 2.39. The van der Waals surface area contributed by atoms with Gasteiger partial charge in [-0.25, -0.2) is 0 Å². The summed E-state index contributed by atoms with van der Waals surface area (Å²) in [5, 5.41) is 11.9. The van der Waals surface area contributed by atoms with Crippen LogP contribution in [-0.4, -0.2) is 75.6 Å². The Kier molecular flexibility index (Phi) is 3.59. The first kappa shape index (κ1) is 13.1. The van der Waals surface area contributed by atoms with Crippen LogP contribution < -0.4 is 16.0 Å². The van der Waals surface area contributed by atoms with Crippen molar-refractivity contribution in [2.45, 2.75) is 6.29 Å². The van der Waals surface area contributed by atoms with Crippen LogP contribution in [0.2, 0.25) is 0 Å². The van der Waals surface area contributed by atoms with Crippen molar-refractivity contribution in [3.05, 3.63) is 0 Å². The Balaban J connectivity index is 1.88. The van der Waals surface area contributed by atoms with E-state index in [0.717, 1.165) is 54.6 Å². The van der Waals surface area contributed by atoms with Gasteiger partial charge in [0.1, 0.15) is 0 Å².